The molecule has 1 aliphatic heterocycles. The van der Waals surface area contributed by atoms with Gasteiger partial charge in [-0.2, -0.15) is 22.8 Å². The molecule has 5 aromatic rings. The zero-order valence-corrected chi connectivity index (χ0v) is 21.6. The summed E-state index contributed by atoms with van der Waals surface area (Å²) < 4.78 is 42.2. The van der Waals surface area contributed by atoms with Gasteiger partial charge in [0.15, 0.2) is 6.04 Å². The third-order valence-electron chi connectivity index (χ3n) is 6.64. The van der Waals surface area contributed by atoms with Gasteiger partial charge in [0, 0.05) is 30.3 Å². The van der Waals surface area contributed by atoms with Gasteiger partial charge in [0.05, 0.1) is 4.88 Å². The van der Waals surface area contributed by atoms with E-state index < -0.39 is 17.9 Å². The number of aromatic nitrogens is 4. The first kappa shape index (κ1) is 25.0. The molecule has 0 fully saturated rings. The van der Waals surface area contributed by atoms with E-state index in [1.165, 1.54) is 18.4 Å². The topological polar surface area (TPSA) is 63.7 Å². The van der Waals surface area contributed by atoms with Crippen LogP contribution >= 0.6 is 11.3 Å². The predicted octanol–water partition coefficient (Wildman–Crippen LogP) is 5.78. The third-order valence-corrected chi connectivity index (χ3v) is 7.77. The van der Waals surface area contributed by atoms with Crippen LogP contribution in [0.1, 0.15) is 26.6 Å². The fraction of sp³-hybridized carbons (Fsp3) is 0.172. The number of benzene rings is 2. The van der Waals surface area contributed by atoms with Gasteiger partial charge in [-0.05, 0) is 23.8 Å². The SMILES string of the molecule is Cn1nc(-c2ccc(CC3Nc4c(Cc5ccccc5)nc(-c5ccccc5)c[n+]4C3=O)s2)cc1C(F)(F)F. The molecule has 0 amide bonds. The highest BCUT2D eigenvalue weighted by Gasteiger charge is 2.41. The van der Waals surface area contributed by atoms with Crippen LogP contribution in [0.5, 0.6) is 0 Å². The number of thiophene rings is 1. The number of halogens is 3. The van der Waals surface area contributed by atoms with Gasteiger partial charge in [0.25, 0.3) is 0 Å². The zero-order chi connectivity index (χ0) is 27.1. The van der Waals surface area contributed by atoms with Crippen molar-refractivity contribution in [3.63, 3.8) is 0 Å². The summed E-state index contributed by atoms with van der Waals surface area (Å²) in [6.45, 7) is 0. The first-order valence-corrected chi connectivity index (χ1v) is 13.1. The fourth-order valence-corrected chi connectivity index (χ4v) is 5.76. The van der Waals surface area contributed by atoms with Gasteiger partial charge in [-0.1, -0.05) is 60.7 Å². The number of alkyl halides is 3. The standard InChI is InChI=1S/C29H22F3N5OS/c1-36-26(29(30,31)32)16-21(35-36)25-13-12-20(39-25)15-23-28(38)37-17-24(19-10-6-3-7-11-19)33-22(27(37)34-23)14-18-8-4-2-5-9-18/h2-13,16-17,23H,14-15H2,1H3/p+1. The Labute approximate surface area is 226 Å². The summed E-state index contributed by atoms with van der Waals surface area (Å²) in [5.74, 6) is 0.552. The second-order valence-electron chi connectivity index (χ2n) is 9.36. The highest BCUT2D eigenvalue weighted by Crippen LogP contribution is 2.35. The predicted molar refractivity (Wildman–Crippen MR) is 142 cm³/mol. The maximum Gasteiger partial charge on any atom is 0.433 e. The number of anilines is 1. The van der Waals surface area contributed by atoms with Crippen LogP contribution in [0.4, 0.5) is 19.0 Å². The van der Waals surface area contributed by atoms with E-state index in [0.29, 0.717) is 29.2 Å². The van der Waals surface area contributed by atoms with Crippen molar-refractivity contribution in [3.05, 3.63) is 107 Å². The second kappa shape index (κ2) is 9.77. The molecule has 0 saturated heterocycles. The summed E-state index contributed by atoms with van der Waals surface area (Å²) >= 11 is 1.33. The number of hydrogen-bond donors (Lipinski definition) is 1. The summed E-state index contributed by atoms with van der Waals surface area (Å²) in [5.41, 5.74) is 2.90. The molecular weight excluding hydrogens is 523 g/mol. The molecule has 10 heteroatoms. The molecule has 0 spiro atoms. The molecule has 196 valence electrons. The van der Waals surface area contributed by atoms with Gasteiger partial charge in [-0.25, -0.2) is 9.78 Å². The van der Waals surface area contributed by atoms with Crippen molar-refractivity contribution in [1.82, 2.24) is 14.8 Å². The highest BCUT2D eigenvalue weighted by atomic mass is 32.1. The van der Waals surface area contributed by atoms with Crippen molar-refractivity contribution < 1.29 is 22.5 Å². The van der Waals surface area contributed by atoms with Crippen molar-refractivity contribution in [3.8, 4) is 21.8 Å². The van der Waals surface area contributed by atoms with Crippen LogP contribution in [0.2, 0.25) is 0 Å². The third kappa shape index (κ3) is 4.95. The summed E-state index contributed by atoms with van der Waals surface area (Å²) in [7, 11) is 1.28. The van der Waals surface area contributed by atoms with E-state index in [0.717, 1.165) is 32.4 Å². The summed E-state index contributed by atoms with van der Waals surface area (Å²) in [5, 5.41) is 7.41. The Hall–Kier alpha value is -4.31. The van der Waals surface area contributed by atoms with Crippen LogP contribution in [0.15, 0.2) is 85.1 Å². The van der Waals surface area contributed by atoms with Crippen molar-refractivity contribution in [2.45, 2.75) is 25.1 Å². The smallest absolute Gasteiger partial charge is 0.263 e. The Balaban J connectivity index is 1.29. The van der Waals surface area contributed by atoms with Gasteiger partial charge < -0.3 is 0 Å². The molecule has 6 rings (SSSR count). The van der Waals surface area contributed by atoms with Crippen LogP contribution in [0.25, 0.3) is 21.8 Å². The normalized spacial score (nSPS) is 14.9. The van der Waals surface area contributed by atoms with Crippen LogP contribution in [0.3, 0.4) is 0 Å². The number of hydrogen-bond acceptors (Lipinski definition) is 5. The van der Waals surface area contributed by atoms with Crippen molar-refractivity contribution in [2.24, 2.45) is 7.05 Å². The Kier molecular flexibility index (Phi) is 6.26. The molecule has 1 atom stereocenters. The van der Waals surface area contributed by atoms with E-state index >= 15 is 0 Å². The Bertz CT molecular complexity index is 1660. The van der Waals surface area contributed by atoms with Crippen molar-refractivity contribution >= 4 is 23.1 Å². The van der Waals surface area contributed by atoms with E-state index in [4.69, 9.17) is 4.98 Å². The minimum Gasteiger partial charge on any atom is -0.263 e. The number of nitrogens with one attached hydrogen (secondary N) is 1. The fourth-order valence-electron chi connectivity index (χ4n) is 4.75. The van der Waals surface area contributed by atoms with Crippen molar-refractivity contribution in [1.29, 1.82) is 0 Å². The lowest BCUT2D eigenvalue weighted by molar-refractivity contribution is -0.552. The summed E-state index contributed by atoms with van der Waals surface area (Å²) in [6.07, 6.45) is -1.78. The number of carbonyl (C=O) groups is 1. The van der Waals surface area contributed by atoms with E-state index in [2.05, 4.69) is 10.4 Å². The van der Waals surface area contributed by atoms with E-state index in [1.807, 2.05) is 66.7 Å². The van der Waals surface area contributed by atoms with Crippen LogP contribution in [0, 0.1) is 0 Å². The Morgan fingerprint density at radius 1 is 1.00 bits per heavy atom. The molecule has 6 nitrogen and oxygen atoms in total. The van der Waals surface area contributed by atoms with Gasteiger partial charge in [0.1, 0.15) is 29.0 Å². The van der Waals surface area contributed by atoms with Gasteiger partial charge in [-0.3, -0.25) is 10.00 Å². The largest absolute Gasteiger partial charge is 0.433 e. The molecule has 3 aromatic heterocycles. The molecule has 1 unspecified atom stereocenters. The molecule has 4 heterocycles. The van der Waals surface area contributed by atoms with Crippen LogP contribution < -0.4 is 9.88 Å². The molecule has 0 saturated carbocycles. The summed E-state index contributed by atoms with van der Waals surface area (Å²) in [6, 6.07) is 23.8. The first-order valence-electron chi connectivity index (χ1n) is 12.3. The number of carbonyl (C=O) groups excluding carboxylic acids is 1. The van der Waals surface area contributed by atoms with Gasteiger partial charge >= 0.3 is 17.9 Å². The van der Waals surface area contributed by atoms with E-state index in [1.54, 1.807) is 16.8 Å². The first-order chi connectivity index (χ1) is 18.8. The zero-order valence-electron chi connectivity index (χ0n) is 20.8. The number of nitrogens with zero attached hydrogens (tertiary/aromatic N) is 4. The molecule has 39 heavy (non-hydrogen) atoms. The Morgan fingerprint density at radius 2 is 1.72 bits per heavy atom. The number of aryl methyl sites for hydroxylation is 1. The number of fused-ring (bicyclic) bond motifs is 1. The molecule has 0 aliphatic carbocycles. The highest BCUT2D eigenvalue weighted by molar-refractivity contribution is 7.15. The lowest BCUT2D eigenvalue weighted by Gasteiger charge is -2.07. The lowest BCUT2D eigenvalue weighted by atomic mass is 10.1. The maximum atomic E-state index is 13.6. The molecule has 2 aromatic carbocycles. The second-order valence-corrected chi connectivity index (χ2v) is 10.5. The lowest BCUT2D eigenvalue weighted by Crippen LogP contribution is -2.44. The van der Waals surface area contributed by atoms with Gasteiger partial charge in [-0.15, -0.1) is 11.3 Å². The van der Waals surface area contributed by atoms with Crippen molar-refractivity contribution in [2.75, 3.05) is 5.32 Å². The minimum atomic E-state index is -4.48. The summed E-state index contributed by atoms with van der Waals surface area (Å²) in [4.78, 5) is 20.0. The molecule has 1 aliphatic rings. The molecular formula is C29H23F3N5OS+. The van der Waals surface area contributed by atoms with Gasteiger partial charge in [0.2, 0.25) is 0 Å². The molecule has 0 radical (unpaired) electrons. The van der Waals surface area contributed by atoms with E-state index in [-0.39, 0.29) is 11.6 Å². The van der Waals surface area contributed by atoms with E-state index in [9.17, 15) is 18.0 Å². The Morgan fingerprint density at radius 3 is 2.41 bits per heavy atom. The quantitative estimate of drug-likeness (QED) is 0.274. The van der Waals surface area contributed by atoms with Crippen LogP contribution in [-0.2, 0) is 26.1 Å². The van der Waals surface area contributed by atoms with Crippen LogP contribution in [-0.4, -0.2) is 26.7 Å². The maximum absolute atomic E-state index is 13.6. The molecule has 1 N–H and O–H groups in total. The molecule has 0 bridgehead atoms. The monoisotopic (exact) mass is 546 g/mol. The average Bonchev–Trinajstić information content (AvgIpc) is 3.63. The number of rotatable bonds is 6. The minimum absolute atomic E-state index is 0.106. The average molecular weight is 547 g/mol.